The Labute approximate surface area is 155 Å². The fourth-order valence-electron chi connectivity index (χ4n) is 3.24. The largest absolute Gasteiger partial charge is 0.351 e. The number of amides is 2. The molecule has 0 spiro atoms. The lowest BCUT2D eigenvalue weighted by molar-refractivity contribution is 0.0933. The van der Waals surface area contributed by atoms with Crippen LogP contribution in [0.3, 0.4) is 0 Å². The first-order valence-corrected chi connectivity index (χ1v) is 9.55. The number of fused-ring (bicyclic) bond motifs is 3. The summed E-state index contributed by atoms with van der Waals surface area (Å²) in [4.78, 5) is 25.4. The number of hydrogen-bond donors (Lipinski definition) is 2. The number of carbonyl (C=O) groups excluding carboxylic acids is 2. The van der Waals surface area contributed by atoms with Crippen LogP contribution in [0.25, 0.3) is 10.1 Å². The Morgan fingerprint density at radius 2 is 2.35 bits per heavy atom. The van der Waals surface area contributed by atoms with Crippen molar-refractivity contribution in [1.82, 2.24) is 20.4 Å². The van der Waals surface area contributed by atoms with Crippen molar-refractivity contribution in [3.8, 4) is 0 Å². The molecule has 4 rings (SSSR count). The Kier molecular flexibility index (Phi) is 4.46. The van der Waals surface area contributed by atoms with Crippen molar-refractivity contribution in [1.29, 1.82) is 0 Å². The second kappa shape index (κ2) is 6.92. The first kappa shape index (κ1) is 16.8. The summed E-state index contributed by atoms with van der Waals surface area (Å²) >= 11 is 1.50. The van der Waals surface area contributed by atoms with Crippen LogP contribution in [0, 0.1) is 0 Å². The summed E-state index contributed by atoms with van der Waals surface area (Å²) in [6.45, 7) is 3.41. The maximum absolute atomic E-state index is 12.6. The zero-order chi connectivity index (χ0) is 18.1. The van der Waals surface area contributed by atoms with E-state index in [1.165, 1.54) is 11.3 Å². The molecule has 0 radical (unpaired) electrons. The highest BCUT2D eigenvalue weighted by Gasteiger charge is 2.22. The van der Waals surface area contributed by atoms with Crippen LogP contribution in [-0.2, 0) is 13.0 Å². The lowest BCUT2D eigenvalue weighted by atomic mass is 10.0. The van der Waals surface area contributed by atoms with E-state index in [1.807, 2.05) is 42.1 Å². The van der Waals surface area contributed by atoms with Crippen LogP contribution in [0.15, 0.2) is 36.7 Å². The van der Waals surface area contributed by atoms with E-state index < -0.39 is 0 Å². The van der Waals surface area contributed by atoms with E-state index in [-0.39, 0.29) is 17.9 Å². The second-order valence-corrected chi connectivity index (χ2v) is 7.61. The number of thiophene rings is 1. The van der Waals surface area contributed by atoms with Gasteiger partial charge < -0.3 is 10.6 Å². The number of rotatable bonds is 5. The van der Waals surface area contributed by atoms with Gasteiger partial charge in [-0.3, -0.25) is 14.3 Å². The van der Waals surface area contributed by atoms with Gasteiger partial charge in [0.15, 0.2) is 0 Å². The van der Waals surface area contributed by atoms with Crippen molar-refractivity contribution in [3.63, 3.8) is 0 Å². The molecule has 3 aromatic rings. The maximum atomic E-state index is 12.6. The zero-order valence-electron chi connectivity index (χ0n) is 14.5. The molecule has 1 aliphatic rings. The highest BCUT2D eigenvalue weighted by Crippen LogP contribution is 2.33. The van der Waals surface area contributed by atoms with Gasteiger partial charge in [-0.1, -0.05) is 0 Å². The fourth-order valence-corrected chi connectivity index (χ4v) is 4.39. The number of benzene rings is 1. The van der Waals surface area contributed by atoms with E-state index >= 15 is 0 Å². The van der Waals surface area contributed by atoms with Crippen molar-refractivity contribution in [2.24, 2.45) is 0 Å². The van der Waals surface area contributed by atoms with Gasteiger partial charge in [-0.2, -0.15) is 5.10 Å². The lowest BCUT2D eigenvalue weighted by Gasteiger charge is -2.14. The number of carbonyl (C=O) groups is 2. The number of aryl methyl sites for hydroxylation is 1. The third kappa shape index (κ3) is 3.22. The van der Waals surface area contributed by atoms with Crippen LogP contribution in [0.4, 0.5) is 0 Å². The molecule has 3 heterocycles. The molecule has 1 atom stereocenters. The van der Waals surface area contributed by atoms with Crippen LogP contribution < -0.4 is 10.6 Å². The van der Waals surface area contributed by atoms with Crippen molar-refractivity contribution < 1.29 is 9.59 Å². The highest BCUT2D eigenvalue weighted by molar-refractivity contribution is 7.21. The standard InChI is InChI=1S/C19H20N4O2S/c1-12(6-10-23-9-2-7-21-23)22-18(24)13-3-4-16-15(11-13)14-5-8-20-19(25)17(14)26-16/h2-4,7,9,11-12H,5-6,8,10H2,1H3,(H,20,25)(H,22,24)/t12-/m1/s1. The number of nitrogens with zero attached hydrogens (tertiary/aromatic N) is 2. The minimum absolute atomic E-state index is 0.00862. The second-order valence-electron chi connectivity index (χ2n) is 6.56. The fraction of sp³-hybridized carbons (Fsp3) is 0.316. The van der Waals surface area contributed by atoms with E-state index in [9.17, 15) is 9.59 Å². The van der Waals surface area contributed by atoms with Gasteiger partial charge in [-0.05, 0) is 55.0 Å². The monoisotopic (exact) mass is 368 g/mol. The van der Waals surface area contributed by atoms with Gasteiger partial charge in [0.05, 0.1) is 4.88 Å². The SMILES string of the molecule is C[C@H](CCn1cccn1)NC(=O)c1ccc2sc3c(c2c1)CCNC3=O. The molecule has 134 valence electrons. The van der Waals surface area contributed by atoms with E-state index in [1.54, 1.807) is 6.20 Å². The van der Waals surface area contributed by atoms with Gasteiger partial charge in [-0.15, -0.1) is 11.3 Å². The molecule has 0 aliphatic carbocycles. The lowest BCUT2D eigenvalue weighted by Crippen LogP contribution is -2.33. The molecule has 26 heavy (non-hydrogen) atoms. The molecule has 7 heteroatoms. The third-order valence-electron chi connectivity index (χ3n) is 4.65. The van der Waals surface area contributed by atoms with Crippen LogP contribution in [0.2, 0.25) is 0 Å². The maximum Gasteiger partial charge on any atom is 0.261 e. The van der Waals surface area contributed by atoms with Gasteiger partial charge in [0, 0.05) is 41.8 Å². The van der Waals surface area contributed by atoms with E-state index in [2.05, 4.69) is 15.7 Å². The Morgan fingerprint density at radius 3 is 3.15 bits per heavy atom. The van der Waals surface area contributed by atoms with Crippen LogP contribution >= 0.6 is 11.3 Å². The summed E-state index contributed by atoms with van der Waals surface area (Å²) in [6, 6.07) is 7.62. The van der Waals surface area contributed by atoms with Gasteiger partial charge in [0.1, 0.15) is 0 Å². The Morgan fingerprint density at radius 1 is 1.46 bits per heavy atom. The van der Waals surface area contributed by atoms with Crippen molar-refractivity contribution in [3.05, 3.63) is 52.7 Å². The van der Waals surface area contributed by atoms with Gasteiger partial charge in [0.2, 0.25) is 0 Å². The highest BCUT2D eigenvalue weighted by atomic mass is 32.1. The summed E-state index contributed by atoms with van der Waals surface area (Å²) in [7, 11) is 0. The number of nitrogens with one attached hydrogen (secondary N) is 2. The molecule has 0 bridgehead atoms. The quantitative estimate of drug-likeness (QED) is 0.727. The zero-order valence-corrected chi connectivity index (χ0v) is 15.3. The molecular formula is C19H20N4O2S. The first-order chi connectivity index (χ1) is 12.6. The van der Waals surface area contributed by atoms with Crippen LogP contribution in [0.1, 0.15) is 38.9 Å². The van der Waals surface area contributed by atoms with E-state index in [0.29, 0.717) is 12.1 Å². The average Bonchev–Trinajstić information content (AvgIpc) is 3.28. The number of hydrogen-bond acceptors (Lipinski definition) is 4. The summed E-state index contributed by atoms with van der Waals surface area (Å²) < 4.78 is 2.91. The molecule has 0 saturated heterocycles. The number of aromatic nitrogens is 2. The molecule has 1 aliphatic heterocycles. The summed E-state index contributed by atoms with van der Waals surface area (Å²) in [5.74, 6) is -0.0919. The molecule has 2 N–H and O–H groups in total. The molecule has 2 aromatic heterocycles. The summed E-state index contributed by atoms with van der Waals surface area (Å²) in [5, 5.41) is 11.1. The van der Waals surface area contributed by atoms with Gasteiger partial charge in [-0.25, -0.2) is 0 Å². The van der Waals surface area contributed by atoms with E-state index in [4.69, 9.17) is 0 Å². The Hall–Kier alpha value is -2.67. The normalized spacial score (nSPS) is 14.7. The molecule has 0 saturated carbocycles. The van der Waals surface area contributed by atoms with Crippen molar-refractivity contribution in [2.75, 3.05) is 6.54 Å². The Balaban J connectivity index is 1.49. The topological polar surface area (TPSA) is 76.0 Å². The predicted molar refractivity (Wildman–Crippen MR) is 102 cm³/mol. The molecule has 1 aromatic carbocycles. The third-order valence-corrected chi connectivity index (χ3v) is 5.86. The summed E-state index contributed by atoms with van der Waals surface area (Å²) in [5.41, 5.74) is 1.70. The smallest absolute Gasteiger partial charge is 0.261 e. The van der Waals surface area contributed by atoms with Gasteiger partial charge in [0.25, 0.3) is 11.8 Å². The predicted octanol–water partition coefficient (Wildman–Crippen LogP) is 2.59. The van der Waals surface area contributed by atoms with E-state index in [0.717, 1.165) is 39.9 Å². The molecule has 0 fully saturated rings. The molecule has 2 amide bonds. The van der Waals surface area contributed by atoms with Crippen molar-refractivity contribution >= 4 is 33.2 Å². The molecule has 0 unspecified atom stereocenters. The minimum Gasteiger partial charge on any atom is -0.351 e. The Bertz CT molecular complexity index is 961. The molecular weight excluding hydrogens is 348 g/mol. The van der Waals surface area contributed by atoms with Crippen LogP contribution in [0.5, 0.6) is 0 Å². The minimum atomic E-state index is -0.0833. The average molecular weight is 368 g/mol. The van der Waals surface area contributed by atoms with Crippen LogP contribution in [-0.4, -0.2) is 34.2 Å². The summed E-state index contributed by atoms with van der Waals surface area (Å²) in [6.07, 6.45) is 5.29. The first-order valence-electron chi connectivity index (χ1n) is 8.74. The van der Waals surface area contributed by atoms with Crippen molar-refractivity contribution in [2.45, 2.75) is 32.4 Å². The molecule has 6 nitrogen and oxygen atoms in total. The van der Waals surface area contributed by atoms with Gasteiger partial charge >= 0.3 is 0 Å².